The maximum Gasteiger partial charge on any atom is 0.262 e. The molecule has 1 aliphatic heterocycles. The molecule has 30 heavy (non-hydrogen) atoms. The number of hydrogen-bond donors (Lipinski definition) is 1. The van der Waals surface area contributed by atoms with Crippen molar-refractivity contribution in [2.45, 2.75) is 31.3 Å². The topological polar surface area (TPSA) is 110 Å². The predicted octanol–water partition coefficient (Wildman–Crippen LogP) is 2.60. The van der Waals surface area contributed by atoms with Crippen LogP contribution in [-0.2, 0) is 21.4 Å². The molecule has 1 aromatic carbocycles. The van der Waals surface area contributed by atoms with Crippen LogP contribution in [0.2, 0.25) is 0 Å². The van der Waals surface area contributed by atoms with Crippen LogP contribution in [0.4, 0.5) is 5.69 Å². The first-order valence-corrected chi connectivity index (χ1v) is 11.3. The van der Waals surface area contributed by atoms with Crippen LogP contribution in [-0.4, -0.2) is 46.4 Å². The number of imidazole rings is 1. The van der Waals surface area contributed by atoms with Crippen LogP contribution < -0.4 is 5.32 Å². The van der Waals surface area contributed by atoms with E-state index in [2.05, 4.69) is 15.5 Å². The highest BCUT2D eigenvalue weighted by molar-refractivity contribution is 7.89. The highest BCUT2D eigenvalue weighted by Gasteiger charge is 2.34. The summed E-state index contributed by atoms with van der Waals surface area (Å²) in [7, 11) is -3.72. The average molecular weight is 430 g/mol. The van der Waals surface area contributed by atoms with Gasteiger partial charge in [0.1, 0.15) is 0 Å². The zero-order valence-corrected chi connectivity index (χ0v) is 17.4. The highest BCUT2D eigenvalue weighted by Crippen LogP contribution is 2.26. The van der Waals surface area contributed by atoms with Gasteiger partial charge in [-0.3, -0.25) is 4.79 Å². The zero-order valence-electron chi connectivity index (χ0n) is 16.6. The molecule has 1 N–H and O–H groups in total. The summed E-state index contributed by atoms with van der Waals surface area (Å²) in [6, 6.07) is 9.00. The molecule has 2 aromatic heterocycles. The summed E-state index contributed by atoms with van der Waals surface area (Å²) >= 11 is 0. The monoisotopic (exact) mass is 429 g/mol. The molecule has 3 aromatic rings. The van der Waals surface area contributed by atoms with E-state index < -0.39 is 15.9 Å². The number of aromatic nitrogens is 3. The van der Waals surface area contributed by atoms with Crippen molar-refractivity contribution in [2.75, 3.05) is 18.4 Å². The third kappa shape index (κ3) is 4.14. The van der Waals surface area contributed by atoms with Crippen molar-refractivity contribution < 1.29 is 17.7 Å². The number of carbonyl (C=O) groups excluding carboxylic acids is 1. The molecule has 10 heteroatoms. The molecule has 1 saturated heterocycles. The average Bonchev–Trinajstić information content (AvgIpc) is 3.46. The first-order valence-electron chi connectivity index (χ1n) is 9.81. The van der Waals surface area contributed by atoms with Gasteiger partial charge in [-0.05, 0) is 31.9 Å². The normalized spacial score (nSPS) is 17.7. The molecule has 158 valence electrons. The number of amides is 1. The van der Waals surface area contributed by atoms with E-state index in [1.807, 2.05) is 19.1 Å². The Kier molecular flexibility index (Phi) is 5.69. The van der Waals surface area contributed by atoms with Crippen LogP contribution in [0.1, 0.15) is 19.8 Å². The van der Waals surface area contributed by atoms with E-state index in [1.54, 1.807) is 29.0 Å². The van der Waals surface area contributed by atoms with Gasteiger partial charge in [0.25, 0.3) is 10.0 Å². The van der Waals surface area contributed by atoms with Crippen LogP contribution >= 0.6 is 0 Å². The lowest BCUT2D eigenvalue weighted by atomic mass is 9.98. The van der Waals surface area contributed by atoms with E-state index in [-0.39, 0.29) is 17.5 Å². The molecule has 0 bridgehead atoms. The van der Waals surface area contributed by atoms with Crippen LogP contribution in [0.25, 0.3) is 11.3 Å². The molecule has 0 radical (unpaired) electrons. The van der Waals surface area contributed by atoms with E-state index in [0.717, 1.165) is 5.56 Å². The van der Waals surface area contributed by atoms with Gasteiger partial charge in [-0.15, -0.1) is 0 Å². The molecule has 0 saturated carbocycles. The van der Waals surface area contributed by atoms with E-state index >= 15 is 0 Å². The van der Waals surface area contributed by atoms with E-state index in [9.17, 15) is 13.2 Å². The van der Waals surface area contributed by atoms with Gasteiger partial charge in [-0.2, -0.15) is 4.31 Å². The van der Waals surface area contributed by atoms with Gasteiger partial charge >= 0.3 is 0 Å². The summed E-state index contributed by atoms with van der Waals surface area (Å²) in [5.41, 5.74) is 1.42. The summed E-state index contributed by atoms with van der Waals surface area (Å²) in [4.78, 5) is 16.9. The second kappa shape index (κ2) is 8.41. The first-order chi connectivity index (χ1) is 14.5. The van der Waals surface area contributed by atoms with Crippen molar-refractivity contribution in [1.29, 1.82) is 0 Å². The Hall–Kier alpha value is -2.98. The maximum atomic E-state index is 12.9. The van der Waals surface area contributed by atoms with Crippen LogP contribution in [0.3, 0.4) is 0 Å². The summed E-state index contributed by atoms with van der Waals surface area (Å²) in [6.45, 7) is 3.07. The van der Waals surface area contributed by atoms with E-state index in [1.165, 1.54) is 16.8 Å². The van der Waals surface area contributed by atoms with Crippen LogP contribution in [0, 0.1) is 5.92 Å². The molecule has 4 rings (SSSR count). The van der Waals surface area contributed by atoms with Crippen molar-refractivity contribution in [3.8, 4) is 11.3 Å². The van der Waals surface area contributed by atoms with E-state index in [0.29, 0.717) is 37.4 Å². The molecule has 9 nitrogen and oxygen atoms in total. The number of nitrogens with one attached hydrogen (secondary N) is 1. The van der Waals surface area contributed by atoms with Gasteiger partial charge < -0.3 is 14.4 Å². The third-order valence-corrected chi connectivity index (χ3v) is 6.94. The molecule has 3 heterocycles. The number of anilines is 1. The van der Waals surface area contributed by atoms with Crippen molar-refractivity contribution in [3.63, 3.8) is 0 Å². The second-order valence-electron chi connectivity index (χ2n) is 7.19. The maximum absolute atomic E-state index is 12.9. The largest absolute Gasteiger partial charge is 0.356 e. The molecule has 1 atom stereocenters. The van der Waals surface area contributed by atoms with Crippen molar-refractivity contribution in [1.82, 2.24) is 19.0 Å². The van der Waals surface area contributed by atoms with Gasteiger partial charge in [-0.1, -0.05) is 17.3 Å². The number of carbonyl (C=O) groups is 1. The first kappa shape index (κ1) is 20.3. The smallest absolute Gasteiger partial charge is 0.262 e. The molecular weight excluding hydrogens is 406 g/mol. The number of benzene rings is 1. The molecule has 1 amide bonds. The number of hydrogen-bond acceptors (Lipinski definition) is 6. The molecule has 0 unspecified atom stereocenters. The van der Waals surface area contributed by atoms with Crippen molar-refractivity contribution >= 4 is 21.6 Å². The minimum Gasteiger partial charge on any atom is -0.356 e. The highest BCUT2D eigenvalue weighted by atomic mass is 32.2. The SMILES string of the molecule is CCn1cnc(S(=O)(=O)N2CCC[C@H](C(=O)Nc3cccc(-c4ccno4)c3)C2)c1. The van der Waals surface area contributed by atoms with Crippen LogP contribution in [0.5, 0.6) is 0 Å². The van der Waals surface area contributed by atoms with Gasteiger partial charge in [0.2, 0.25) is 5.91 Å². The zero-order chi connectivity index (χ0) is 21.1. The van der Waals surface area contributed by atoms with Gasteiger partial charge in [0, 0.05) is 43.1 Å². The Morgan fingerprint density at radius 1 is 1.33 bits per heavy atom. The third-order valence-electron chi connectivity index (χ3n) is 5.19. The van der Waals surface area contributed by atoms with Gasteiger partial charge in [0.15, 0.2) is 10.8 Å². The lowest BCUT2D eigenvalue weighted by Gasteiger charge is -2.30. The number of sulfonamides is 1. The van der Waals surface area contributed by atoms with Gasteiger partial charge in [0.05, 0.1) is 18.4 Å². The quantitative estimate of drug-likeness (QED) is 0.645. The summed E-state index contributed by atoms with van der Waals surface area (Å²) in [5, 5.41) is 6.61. The Morgan fingerprint density at radius 3 is 2.93 bits per heavy atom. The fraction of sp³-hybridized carbons (Fsp3) is 0.350. The molecule has 1 aliphatic rings. The second-order valence-corrected chi connectivity index (χ2v) is 9.08. The fourth-order valence-corrected chi connectivity index (χ4v) is 4.97. The Labute approximate surface area is 174 Å². The molecular formula is C20H23N5O4S. The molecule has 0 aliphatic carbocycles. The molecule has 1 fully saturated rings. The summed E-state index contributed by atoms with van der Waals surface area (Å²) < 4.78 is 34.1. The Bertz CT molecular complexity index is 1120. The minimum atomic E-state index is -3.72. The molecule has 0 spiro atoms. The number of rotatable bonds is 6. The summed E-state index contributed by atoms with van der Waals surface area (Å²) in [5.74, 6) is -0.0352. The number of nitrogens with zero attached hydrogens (tertiary/aromatic N) is 4. The van der Waals surface area contributed by atoms with E-state index in [4.69, 9.17) is 4.52 Å². The van der Waals surface area contributed by atoms with Crippen molar-refractivity contribution in [3.05, 3.63) is 49.1 Å². The van der Waals surface area contributed by atoms with Gasteiger partial charge in [-0.25, -0.2) is 13.4 Å². The summed E-state index contributed by atoms with van der Waals surface area (Å²) in [6.07, 6.45) is 5.82. The minimum absolute atomic E-state index is 0.0187. The lowest BCUT2D eigenvalue weighted by molar-refractivity contribution is -0.120. The lowest BCUT2D eigenvalue weighted by Crippen LogP contribution is -2.43. The number of aryl methyl sites for hydroxylation is 1. The Balaban J connectivity index is 1.45. The standard InChI is InChI=1S/C20H23N5O4S/c1-2-24-13-19(21-14-24)30(27,28)25-10-4-6-16(12-25)20(26)23-17-7-3-5-15(11-17)18-8-9-22-29-18/h3,5,7-9,11,13-14,16H,2,4,6,10,12H2,1H3,(H,23,26)/t16-/m0/s1. The number of piperidine rings is 1. The Morgan fingerprint density at radius 2 is 2.20 bits per heavy atom. The fourth-order valence-electron chi connectivity index (χ4n) is 3.51. The predicted molar refractivity (Wildman–Crippen MR) is 110 cm³/mol. The van der Waals surface area contributed by atoms with Crippen LogP contribution in [0.15, 0.2) is 58.6 Å². The van der Waals surface area contributed by atoms with Crippen molar-refractivity contribution in [2.24, 2.45) is 5.92 Å².